The van der Waals surface area contributed by atoms with Gasteiger partial charge < -0.3 is 19.9 Å². The molecule has 0 aliphatic carbocycles. The summed E-state index contributed by atoms with van der Waals surface area (Å²) in [4.78, 5) is 21.7. The van der Waals surface area contributed by atoms with Gasteiger partial charge in [0.25, 0.3) is 5.91 Å². The Morgan fingerprint density at radius 2 is 2.16 bits per heavy atom. The molecule has 1 fully saturated rings. The first kappa shape index (κ1) is 21.2. The van der Waals surface area contributed by atoms with Crippen LogP contribution < -0.4 is 10.1 Å². The smallest absolute Gasteiger partial charge is 0.269 e. The second kappa shape index (κ2) is 9.85. The number of carbonyl (C=O) groups is 1. The minimum atomic E-state index is -0.554. The van der Waals surface area contributed by atoms with E-state index >= 15 is 0 Å². The number of hydrogen-bond donors (Lipinski definition) is 2. The van der Waals surface area contributed by atoms with Gasteiger partial charge in [0, 0.05) is 36.7 Å². The third kappa shape index (κ3) is 5.18. The summed E-state index contributed by atoms with van der Waals surface area (Å²) in [5.41, 5.74) is 3.17. The molecular formula is C24H27N3O4. The quantitative estimate of drug-likeness (QED) is 0.609. The highest BCUT2D eigenvalue weighted by molar-refractivity contribution is 5.96. The Morgan fingerprint density at radius 3 is 2.94 bits per heavy atom. The van der Waals surface area contributed by atoms with Gasteiger partial charge in [0.15, 0.2) is 0 Å². The fourth-order valence-electron chi connectivity index (χ4n) is 3.80. The molecule has 4 rings (SSSR count). The fourth-order valence-corrected chi connectivity index (χ4v) is 3.80. The summed E-state index contributed by atoms with van der Waals surface area (Å²) in [5, 5.41) is 14.0. The van der Waals surface area contributed by atoms with Gasteiger partial charge in [0.1, 0.15) is 5.69 Å². The number of pyridine rings is 2. The first-order valence-electron chi connectivity index (χ1n) is 10.6. The highest BCUT2D eigenvalue weighted by Gasteiger charge is 2.24. The summed E-state index contributed by atoms with van der Waals surface area (Å²) in [5.74, 6) is 0.351. The van der Waals surface area contributed by atoms with Crippen molar-refractivity contribution in [2.24, 2.45) is 5.92 Å². The van der Waals surface area contributed by atoms with Crippen LogP contribution >= 0.6 is 0 Å². The zero-order valence-electron chi connectivity index (χ0n) is 17.6. The van der Waals surface area contributed by atoms with Gasteiger partial charge in [-0.1, -0.05) is 24.3 Å². The summed E-state index contributed by atoms with van der Waals surface area (Å²) in [6.45, 7) is 3.82. The number of hydrogen-bond acceptors (Lipinski definition) is 6. The molecule has 162 valence electrons. The Kier molecular flexibility index (Phi) is 6.74. The van der Waals surface area contributed by atoms with Crippen molar-refractivity contribution in [2.45, 2.75) is 25.9 Å². The van der Waals surface area contributed by atoms with Gasteiger partial charge in [0.05, 0.1) is 24.8 Å². The molecule has 31 heavy (non-hydrogen) atoms. The lowest BCUT2D eigenvalue weighted by atomic mass is 9.97. The van der Waals surface area contributed by atoms with Crippen LogP contribution in [0.1, 0.15) is 35.0 Å². The maximum Gasteiger partial charge on any atom is 0.269 e. The third-order valence-corrected chi connectivity index (χ3v) is 5.51. The van der Waals surface area contributed by atoms with Crippen molar-refractivity contribution in [2.75, 3.05) is 26.4 Å². The van der Waals surface area contributed by atoms with Crippen LogP contribution in [0, 0.1) is 5.92 Å². The van der Waals surface area contributed by atoms with Crippen molar-refractivity contribution in [3.8, 4) is 5.88 Å². The fraction of sp³-hybridized carbons (Fsp3) is 0.375. The van der Waals surface area contributed by atoms with E-state index in [-0.39, 0.29) is 11.8 Å². The molecule has 1 aromatic carbocycles. The number of aromatic nitrogens is 2. The van der Waals surface area contributed by atoms with Gasteiger partial charge >= 0.3 is 0 Å². The third-order valence-electron chi connectivity index (χ3n) is 5.51. The van der Waals surface area contributed by atoms with Crippen LogP contribution in [0.5, 0.6) is 5.88 Å². The lowest BCUT2D eigenvalue weighted by Crippen LogP contribution is -2.40. The molecule has 2 atom stereocenters. The van der Waals surface area contributed by atoms with Crippen molar-refractivity contribution in [3.63, 3.8) is 0 Å². The molecule has 3 heterocycles. The van der Waals surface area contributed by atoms with E-state index in [1.165, 1.54) is 0 Å². The second-order valence-corrected chi connectivity index (χ2v) is 7.70. The van der Waals surface area contributed by atoms with E-state index in [0.29, 0.717) is 44.4 Å². The number of amides is 1. The molecule has 3 aromatic rings. The van der Waals surface area contributed by atoms with Gasteiger partial charge in [-0.25, -0.2) is 9.97 Å². The zero-order chi connectivity index (χ0) is 21.6. The van der Waals surface area contributed by atoms with E-state index < -0.39 is 6.10 Å². The van der Waals surface area contributed by atoms with E-state index in [1.54, 1.807) is 6.20 Å². The van der Waals surface area contributed by atoms with Crippen molar-refractivity contribution >= 4 is 16.8 Å². The highest BCUT2D eigenvalue weighted by Crippen LogP contribution is 2.22. The number of para-hydroxylation sites is 1. The van der Waals surface area contributed by atoms with Crippen LogP contribution in [0.3, 0.4) is 0 Å². The summed E-state index contributed by atoms with van der Waals surface area (Å²) in [7, 11) is 0. The molecule has 1 saturated heterocycles. The van der Waals surface area contributed by atoms with E-state index in [2.05, 4.69) is 15.3 Å². The summed E-state index contributed by atoms with van der Waals surface area (Å²) in [6.07, 6.45) is 2.59. The van der Waals surface area contributed by atoms with Crippen LogP contribution in [0.25, 0.3) is 10.9 Å². The summed E-state index contributed by atoms with van der Waals surface area (Å²) in [6, 6.07) is 13.5. The second-order valence-electron chi connectivity index (χ2n) is 7.70. The van der Waals surface area contributed by atoms with Crippen molar-refractivity contribution < 1.29 is 19.4 Å². The molecule has 7 nitrogen and oxygen atoms in total. The molecular weight excluding hydrogens is 394 g/mol. The predicted molar refractivity (Wildman–Crippen MR) is 117 cm³/mol. The lowest BCUT2D eigenvalue weighted by Gasteiger charge is -2.27. The van der Waals surface area contributed by atoms with Crippen molar-refractivity contribution in [3.05, 3.63) is 65.5 Å². The Balaban J connectivity index is 1.54. The van der Waals surface area contributed by atoms with Gasteiger partial charge in [0.2, 0.25) is 5.88 Å². The predicted octanol–water partition coefficient (Wildman–Crippen LogP) is 2.75. The highest BCUT2D eigenvalue weighted by atomic mass is 16.5. The average molecular weight is 421 g/mol. The number of aliphatic hydroxyl groups is 1. The molecule has 1 aliphatic rings. The normalized spacial score (nSPS) is 18.6. The number of nitrogens with one attached hydrogen (secondary N) is 1. The molecule has 1 amide bonds. The number of ether oxygens (including phenoxy) is 2. The topological polar surface area (TPSA) is 93.6 Å². The Hall–Kier alpha value is -3.03. The molecule has 2 aromatic heterocycles. The summed E-state index contributed by atoms with van der Waals surface area (Å²) >= 11 is 0. The Bertz CT molecular complexity index is 1040. The van der Waals surface area contributed by atoms with Crippen LogP contribution in [0.15, 0.2) is 48.7 Å². The molecule has 1 aliphatic heterocycles. The number of aliphatic hydroxyl groups excluding tert-OH is 1. The number of rotatable bonds is 7. The maximum absolute atomic E-state index is 12.8. The number of nitrogens with zero attached hydrogens (tertiary/aromatic N) is 2. The molecule has 2 N–H and O–H groups in total. The molecule has 7 heteroatoms. The lowest BCUT2D eigenvalue weighted by molar-refractivity contribution is -0.0425. The molecule has 0 saturated carbocycles. The van der Waals surface area contributed by atoms with Crippen molar-refractivity contribution in [1.29, 1.82) is 0 Å². The van der Waals surface area contributed by atoms with Crippen LogP contribution in [0.4, 0.5) is 0 Å². The van der Waals surface area contributed by atoms with E-state index in [9.17, 15) is 9.90 Å². The molecule has 0 spiro atoms. The van der Waals surface area contributed by atoms with Crippen LogP contribution in [-0.4, -0.2) is 53.5 Å². The SMILES string of the molecule is CCOc1ccc(Cc2cc(C(=O)NC[C@H]3CCOC[C@@H]3O)nc3ccccc23)cn1. The van der Waals surface area contributed by atoms with E-state index in [0.717, 1.165) is 28.5 Å². The number of fused-ring (bicyclic) bond motifs is 1. The largest absolute Gasteiger partial charge is 0.478 e. The minimum absolute atomic E-state index is 0.00689. The van der Waals surface area contributed by atoms with Gasteiger partial charge in [-0.2, -0.15) is 0 Å². The number of benzene rings is 1. The zero-order valence-corrected chi connectivity index (χ0v) is 17.6. The van der Waals surface area contributed by atoms with Crippen molar-refractivity contribution in [1.82, 2.24) is 15.3 Å². The average Bonchev–Trinajstić information content (AvgIpc) is 2.80. The van der Waals surface area contributed by atoms with Crippen LogP contribution in [0.2, 0.25) is 0 Å². The maximum atomic E-state index is 12.8. The Morgan fingerprint density at radius 1 is 1.29 bits per heavy atom. The monoisotopic (exact) mass is 421 g/mol. The minimum Gasteiger partial charge on any atom is -0.478 e. The van der Waals surface area contributed by atoms with Gasteiger partial charge in [-0.3, -0.25) is 4.79 Å². The van der Waals surface area contributed by atoms with E-state index in [1.807, 2.05) is 49.4 Å². The Labute approximate surface area is 181 Å². The standard InChI is InChI=1S/C24H27N3O4/c1-2-31-23-8-7-16(13-25-23)11-18-12-21(27-20-6-4-3-5-19(18)20)24(29)26-14-17-9-10-30-15-22(17)28/h3-8,12-13,17,22,28H,2,9-11,14-15H2,1H3,(H,26,29)/t17-,22+/m1/s1. The van der Waals surface area contributed by atoms with Gasteiger partial charge in [-0.05, 0) is 43.0 Å². The number of carbonyl (C=O) groups excluding carboxylic acids is 1. The molecule has 0 unspecified atom stereocenters. The van der Waals surface area contributed by atoms with E-state index in [4.69, 9.17) is 9.47 Å². The summed E-state index contributed by atoms with van der Waals surface area (Å²) < 4.78 is 10.7. The first-order chi connectivity index (χ1) is 15.1. The van der Waals surface area contributed by atoms with Gasteiger partial charge in [-0.15, -0.1) is 0 Å². The first-order valence-corrected chi connectivity index (χ1v) is 10.6. The molecule has 0 radical (unpaired) electrons. The molecule has 0 bridgehead atoms. The van der Waals surface area contributed by atoms with Crippen LogP contribution in [-0.2, 0) is 11.2 Å².